The Labute approximate surface area is 161 Å². The average Bonchev–Trinajstić information content (AvgIpc) is 2.90. The molecule has 6 nitrogen and oxygen atoms in total. The molecule has 0 saturated carbocycles. The van der Waals surface area contributed by atoms with Gasteiger partial charge in [0.15, 0.2) is 5.96 Å². The minimum atomic E-state index is 0. The molecule has 0 unspecified atom stereocenters. The lowest BCUT2D eigenvalue weighted by atomic mass is 10.1. The third kappa shape index (κ3) is 5.19. The molecule has 2 rings (SSSR count). The topological polar surface area (TPSA) is 67.1 Å². The van der Waals surface area contributed by atoms with Crippen LogP contribution in [0.15, 0.2) is 29.4 Å². The maximum absolute atomic E-state index is 4.60. The highest BCUT2D eigenvalue weighted by Crippen LogP contribution is 2.15. The molecule has 0 atom stereocenters. The average molecular weight is 442 g/mol. The van der Waals surface area contributed by atoms with Crippen LogP contribution in [0.3, 0.4) is 0 Å². The molecule has 7 heteroatoms. The van der Waals surface area contributed by atoms with Crippen LogP contribution in [0.2, 0.25) is 0 Å². The Morgan fingerprint density at radius 3 is 2.50 bits per heavy atom. The first-order valence-corrected chi connectivity index (χ1v) is 8.07. The number of halogens is 1. The number of nitrogens with one attached hydrogen (secondary N) is 2. The van der Waals surface area contributed by atoms with Gasteiger partial charge in [0.25, 0.3) is 0 Å². The monoisotopic (exact) mass is 442 g/mol. The molecule has 0 aliphatic carbocycles. The van der Waals surface area contributed by atoms with Gasteiger partial charge in [0.2, 0.25) is 0 Å². The predicted molar refractivity (Wildman–Crippen MR) is 109 cm³/mol. The summed E-state index contributed by atoms with van der Waals surface area (Å²) >= 11 is 0. The first-order chi connectivity index (χ1) is 11.2. The van der Waals surface area contributed by atoms with Crippen molar-refractivity contribution in [3.8, 4) is 0 Å². The van der Waals surface area contributed by atoms with Gasteiger partial charge in [-0.2, -0.15) is 5.10 Å². The smallest absolute Gasteiger partial charge is 0.191 e. The van der Waals surface area contributed by atoms with Crippen molar-refractivity contribution in [2.24, 2.45) is 12.0 Å². The molecule has 0 aromatic carbocycles. The molecule has 0 spiro atoms. The molecule has 2 aromatic rings. The molecule has 0 saturated heterocycles. The van der Waals surface area contributed by atoms with E-state index in [4.69, 9.17) is 0 Å². The summed E-state index contributed by atoms with van der Waals surface area (Å²) in [5.41, 5.74) is 4.69. The van der Waals surface area contributed by atoms with Crippen LogP contribution in [-0.2, 0) is 33.0 Å². The minimum absolute atomic E-state index is 0. The number of rotatable bonds is 6. The molecule has 2 aromatic heterocycles. The Balaban J connectivity index is 0.00000288. The molecule has 0 bridgehead atoms. The second-order valence-corrected chi connectivity index (χ2v) is 5.30. The summed E-state index contributed by atoms with van der Waals surface area (Å²) in [5.74, 6) is 0.767. The Bertz CT molecular complexity index is 651. The van der Waals surface area contributed by atoms with Gasteiger partial charge in [-0.25, -0.2) is 0 Å². The van der Waals surface area contributed by atoms with Gasteiger partial charge in [-0.3, -0.25) is 14.7 Å². The summed E-state index contributed by atoms with van der Waals surface area (Å²) in [6, 6.07) is 5.89. The second kappa shape index (κ2) is 10.3. The first kappa shape index (κ1) is 20.4. The van der Waals surface area contributed by atoms with E-state index in [0.717, 1.165) is 36.7 Å². The number of pyridine rings is 1. The zero-order chi connectivity index (χ0) is 16.7. The zero-order valence-electron chi connectivity index (χ0n) is 14.8. The lowest BCUT2D eigenvalue weighted by Crippen LogP contribution is -2.36. The molecule has 0 radical (unpaired) electrons. The minimum Gasteiger partial charge on any atom is -0.352 e. The summed E-state index contributed by atoms with van der Waals surface area (Å²) in [7, 11) is 3.79. The van der Waals surface area contributed by atoms with E-state index in [9.17, 15) is 0 Å². The fourth-order valence-electron chi connectivity index (χ4n) is 2.66. The molecular formula is C17H27IN6. The number of aliphatic imine (C=N–C) groups is 1. The van der Waals surface area contributed by atoms with Gasteiger partial charge in [-0.05, 0) is 25.0 Å². The van der Waals surface area contributed by atoms with E-state index in [1.54, 1.807) is 13.2 Å². The van der Waals surface area contributed by atoms with Crippen molar-refractivity contribution in [2.75, 3.05) is 7.05 Å². The summed E-state index contributed by atoms with van der Waals surface area (Å²) in [6.45, 7) is 5.67. The molecule has 0 amide bonds. The Morgan fingerprint density at radius 1 is 1.17 bits per heavy atom. The maximum Gasteiger partial charge on any atom is 0.191 e. The van der Waals surface area contributed by atoms with E-state index in [2.05, 4.69) is 39.6 Å². The number of nitrogens with zero attached hydrogens (tertiary/aromatic N) is 4. The normalized spacial score (nSPS) is 11.1. The van der Waals surface area contributed by atoms with Crippen molar-refractivity contribution in [3.05, 3.63) is 47.0 Å². The maximum atomic E-state index is 4.60. The van der Waals surface area contributed by atoms with Gasteiger partial charge in [0, 0.05) is 38.1 Å². The molecule has 2 N–H and O–H groups in total. The Hall–Kier alpha value is -1.64. The van der Waals surface area contributed by atoms with E-state index < -0.39 is 0 Å². The van der Waals surface area contributed by atoms with Crippen molar-refractivity contribution in [1.29, 1.82) is 0 Å². The van der Waals surface area contributed by atoms with Gasteiger partial charge in [0.1, 0.15) is 0 Å². The quantitative estimate of drug-likeness (QED) is 0.410. The summed E-state index contributed by atoms with van der Waals surface area (Å²) in [5, 5.41) is 11.3. The van der Waals surface area contributed by atoms with Crippen molar-refractivity contribution in [2.45, 2.75) is 39.8 Å². The van der Waals surface area contributed by atoms with E-state index in [1.807, 2.05) is 29.9 Å². The number of hydrogen-bond acceptors (Lipinski definition) is 3. The SMILES string of the molecule is CCc1nn(C)c(CC)c1CNC(=NC)NCc1ccccn1.I. The van der Waals surface area contributed by atoms with Crippen molar-refractivity contribution in [3.63, 3.8) is 0 Å². The molecule has 0 aliphatic heterocycles. The number of aromatic nitrogens is 3. The van der Waals surface area contributed by atoms with Gasteiger partial charge >= 0.3 is 0 Å². The predicted octanol–water partition coefficient (Wildman–Crippen LogP) is 2.42. The van der Waals surface area contributed by atoms with Gasteiger partial charge in [-0.1, -0.05) is 19.9 Å². The third-order valence-corrected chi connectivity index (χ3v) is 3.85. The Kier molecular flexibility index (Phi) is 8.73. The standard InChI is InChI=1S/C17H26N6.HI/c1-5-15-14(16(6-2)23(4)22-15)12-21-17(18-3)20-11-13-9-7-8-10-19-13;/h7-10H,5-6,11-12H2,1-4H3,(H2,18,20,21);1H. The van der Waals surface area contributed by atoms with Crippen molar-refractivity contribution >= 4 is 29.9 Å². The zero-order valence-corrected chi connectivity index (χ0v) is 17.2. The molecule has 24 heavy (non-hydrogen) atoms. The number of guanidine groups is 1. The lowest BCUT2D eigenvalue weighted by Gasteiger charge is -2.12. The van der Waals surface area contributed by atoms with Gasteiger partial charge in [0.05, 0.1) is 17.9 Å². The lowest BCUT2D eigenvalue weighted by molar-refractivity contribution is 0.702. The summed E-state index contributed by atoms with van der Waals surface area (Å²) in [4.78, 5) is 8.58. The fourth-order valence-corrected chi connectivity index (χ4v) is 2.66. The van der Waals surface area contributed by atoms with E-state index in [-0.39, 0.29) is 24.0 Å². The third-order valence-electron chi connectivity index (χ3n) is 3.85. The highest BCUT2D eigenvalue weighted by molar-refractivity contribution is 14.0. The van der Waals surface area contributed by atoms with Gasteiger partial charge in [-0.15, -0.1) is 24.0 Å². The van der Waals surface area contributed by atoms with Crippen LogP contribution < -0.4 is 10.6 Å². The van der Waals surface area contributed by atoms with Crippen LogP contribution in [0.5, 0.6) is 0 Å². The molecule has 0 aliphatic rings. The van der Waals surface area contributed by atoms with Crippen LogP contribution in [0, 0.1) is 0 Å². The largest absolute Gasteiger partial charge is 0.352 e. The molecule has 2 heterocycles. The number of aryl methyl sites for hydroxylation is 2. The first-order valence-electron chi connectivity index (χ1n) is 8.07. The number of hydrogen-bond donors (Lipinski definition) is 2. The van der Waals surface area contributed by atoms with Crippen LogP contribution in [0.4, 0.5) is 0 Å². The highest BCUT2D eigenvalue weighted by Gasteiger charge is 2.13. The van der Waals surface area contributed by atoms with Crippen LogP contribution in [0.25, 0.3) is 0 Å². The van der Waals surface area contributed by atoms with Crippen LogP contribution in [-0.4, -0.2) is 27.8 Å². The highest BCUT2D eigenvalue weighted by atomic mass is 127. The van der Waals surface area contributed by atoms with Crippen molar-refractivity contribution < 1.29 is 0 Å². The fraction of sp³-hybridized carbons (Fsp3) is 0.471. The van der Waals surface area contributed by atoms with Crippen LogP contribution in [0.1, 0.15) is 36.5 Å². The molecule has 132 valence electrons. The van der Waals surface area contributed by atoms with E-state index in [0.29, 0.717) is 6.54 Å². The van der Waals surface area contributed by atoms with Gasteiger partial charge < -0.3 is 10.6 Å². The van der Waals surface area contributed by atoms with Crippen molar-refractivity contribution in [1.82, 2.24) is 25.4 Å². The van der Waals surface area contributed by atoms with E-state index >= 15 is 0 Å². The second-order valence-electron chi connectivity index (χ2n) is 5.30. The summed E-state index contributed by atoms with van der Waals surface area (Å²) in [6.07, 6.45) is 3.70. The van der Waals surface area contributed by atoms with Crippen LogP contribution >= 0.6 is 24.0 Å². The Morgan fingerprint density at radius 2 is 1.92 bits per heavy atom. The molecule has 0 fully saturated rings. The summed E-state index contributed by atoms with van der Waals surface area (Å²) < 4.78 is 1.99. The van der Waals surface area contributed by atoms with E-state index in [1.165, 1.54) is 11.3 Å². The molecular weight excluding hydrogens is 415 g/mol.